The van der Waals surface area contributed by atoms with E-state index in [4.69, 9.17) is 4.98 Å². The van der Waals surface area contributed by atoms with Crippen LogP contribution in [0.3, 0.4) is 0 Å². The number of aryl methyl sites for hydroxylation is 2. The van der Waals surface area contributed by atoms with Gasteiger partial charge in [-0.25, -0.2) is 4.98 Å². The maximum absolute atomic E-state index is 5.04. The molecule has 0 unspecified atom stereocenters. The number of imidazole rings is 1. The fourth-order valence-electron chi connectivity index (χ4n) is 6.39. The van der Waals surface area contributed by atoms with Gasteiger partial charge in [-0.05, 0) is 71.0 Å². The maximum atomic E-state index is 5.04. The first-order valence-corrected chi connectivity index (χ1v) is 11.8. The van der Waals surface area contributed by atoms with Crippen molar-refractivity contribution in [3.8, 4) is 22.3 Å². The highest BCUT2D eigenvalue weighted by Gasteiger charge is 2.31. The van der Waals surface area contributed by atoms with Crippen LogP contribution in [0.4, 0.5) is 0 Å². The number of rotatable bonds is 0. The van der Waals surface area contributed by atoms with E-state index in [0.717, 1.165) is 24.2 Å². The fourth-order valence-corrected chi connectivity index (χ4v) is 6.39. The van der Waals surface area contributed by atoms with Crippen molar-refractivity contribution in [1.82, 2.24) is 9.38 Å². The second-order valence-electron chi connectivity index (χ2n) is 9.63. The largest absolute Gasteiger partial charge is 0.295 e. The molecule has 0 bridgehead atoms. The molecule has 0 amide bonds. The van der Waals surface area contributed by atoms with Gasteiger partial charge in [0.1, 0.15) is 5.65 Å². The first-order chi connectivity index (χ1) is 16.2. The van der Waals surface area contributed by atoms with E-state index in [9.17, 15) is 0 Å². The zero-order chi connectivity index (χ0) is 21.8. The zero-order valence-electron chi connectivity index (χ0n) is 18.7. The van der Waals surface area contributed by atoms with Gasteiger partial charge < -0.3 is 0 Å². The summed E-state index contributed by atoms with van der Waals surface area (Å²) in [7, 11) is 0. The molecule has 0 saturated heterocycles. The molecule has 156 valence electrons. The number of hydrogen-bond acceptors (Lipinski definition) is 1. The third-order valence-corrected chi connectivity index (χ3v) is 7.97. The zero-order valence-corrected chi connectivity index (χ0v) is 18.7. The average Bonchev–Trinajstić information content (AvgIpc) is 3.50. The van der Waals surface area contributed by atoms with Gasteiger partial charge in [-0.3, -0.25) is 4.40 Å². The molecule has 0 N–H and O–H groups in total. The van der Waals surface area contributed by atoms with Gasteiger partial charge in [0.05, 0.1) is 11.2 Å². The molecule has 0 fully saturated rings. The molecule has 2 heteroatoms. The van der Waals surface area contributed by atoms with Gasteiger partial charge in [-0.1, -0.05) is 72.8 Å². The van der Waals surface area contributed by atoms with Crippen LogP contribution in [0.5, 0.6) is 0 Å². The topological polar surface area (TPSA) is 17.3 Å². The fraction of sp³-hybridized carbons (Fsp3) is 0.129. The van der Waals surface area contributed by atoms with Crippen LogP contribution in [-0.4, -0.2) is 9.38 Å². The van der Waals surface area contributed by atoms with Crippen LogP contribution in [0.2, 0.25) is 0 Å². The van der Waals surface area contributed by atoms with Gasteiger partial charge in [0, 0.05) is 22.0 Å². The Kier molecular flexibility index (Phi) is 3.15. The Bertz CT molecular complexity index is 1830. The summed E-state index contributed by atoms with van der Waals surface area (Å²) in [4.78, 5) is 5.04. The van der Waals surface area contributed by atoms with Crippen molar-refractivity contribution in [3.63, 3.8) is 0 Å². The highest BCUT2D eigenvalue weighted by molar-refractivity contribution is 6.17. The normalized spacial score (nSPS) is 13.5. The minimum Gasteiger partial charge on any atom is -0.295 e. The lowest BCUT2D eigenvalue weighted by atomic mass is 9.91. The molecule has 6 aromatic rings. The number of benzene rings is 4. The average molecular weight is 423 g/mol. The molecule has 0 spiro atoms. The van der Waals surface area contributed by atoms with Gasteiger partial charge in [0.2, 0.25) is 0 Å². The second-order valence-corrected chi connectivity index (χ2v) is 9.63. The van der Waals surface area contributed by atoms with Gasteiger partial charge in [0.15, 0.2) is 0 Å². The molecular weight excluding hydrogens is 400 g/mol. The quantitative estimate of drug-likeness (QED) is 0.233. The number of aromatic nitrogens is 2. The minimum absolute atomic E-state index is 0.997. The molecule has 0 aliphatic heterocycles. The summed E-state index contributed by atoms with van der Waals surface area (Å²) in [6.45, 7) is 4.34. The standard InChI is InChI=1S/C31H22N2/c1-17-18(2)33-30-25(24-9-5-6-10-26(24)31(33)32-17)14-13-22-16-21-12-11-20-15-19-7-3-4-8-23(19)27(20)28(21)29(22)30/h3-14H,15-16H2,1-2H3. The molecule has 8 rings (SSSR count). The Balaban J connectivity index is 1.63. The Morgan fingerprint density at radius 3 is 2.15 bits per heavy atom. The molecule has 2 heterocycles. The Morgan fingerprint density at radius 2 is 1.27 bits per heavy atom. The predicted molar refractivity (Wildman–Crippen MR) is 136 cm³/mol. The van der Waals surface area contributed by atoms with E-state index < -0.39 is 0 Å². The van der Waals surface area contributed by atoms with Gasteiger partial charge in [-0.2, -0.15) is 0 Å². The molecule has 2 aromatic heterocycles. The molecule has 4 aromatic carbocycles. The Labute approximate surface area is 192 Å². The molecule has 2 nitrogen and oxygen atoms in total. The lowest BCUT2D eigenvalue weighted by molar-refractivity contribution is 1.14. The lowest BCUT2D eigenvalue weighted by Gasteiger charge is -2.16. The lowest BCUT2D eigenvalue weighted by Crippen LogP contribution is -1.97. The van der Waals surface area contributed by atoms with Crippen molar-refractivity contribution in [1.29, 1.82) is 0 Å². The van der Waals surface area contributed by atoms with Crippen molar-refractivity contribution in [3.05, 3.63) is 106 Å². The monoisotopic (exact) mass is 422 g/mol. The van der Waals surface area contributed by atoms with Crippen molar-refractivity contribution in [2.24, 2.45) is 0 Å². The van der Waals surface area contributed by atoms with Crippen LogP contribution < -0.4 is 0 Å². The number of nitrogens with zero attached hydrogens (tertiary/aromatic N) is 2. The van der Waals surface area contributed by atoms with Crippen LogP contribution in [0, 0.1) is 13.8 Å². The van der Waals surface area contributed by atoms with E-state index in [-0.39, 0.29) is 0 Å². The van der Waals surface area contributed by atoms with Crippen LogP contribution in [0.1, 0.15) is 33.6 Å². The smallest absolute Gasteiger partial charge is 0.145 e. The van der Waals surface area contributed by atoms with Crippen LogP contribution in [-0.2, 0) is 12.8 Å². The summed E-state index contributed by atoms with van der Waals surface area (Å²) in [5.74, 6) is 0. The molecule has 33 heavy (non-hydrogen) atoms. The maximum Gasteiger partial charge on any atom is 0.145 e. The van der Waals surface area contributed by atoms with Crippen molar-refractivity contribution < 1.29 is 0 Å². The summed E-state index contributed by atoms with van der Waals surface area (Å²) in [5, 5.41) is 3.83. The molecule has 2 aliphatic rings. The third kappa shape index (κ3) is 2.07. The molecule has 0 radical (unpaired) electrons. The number of fused-ring (bicyclic) bond motifs is 14. The molecule has 2 aliphatic carbocycles. The van der Waals surface area contributed by atoms with E-state index in [0.29, 0.717) is 0 Å². The Morgan fingerprint density at radius 1 is 0.606 bits per heavy atom. The van der Waals surface area contributed by atoms with Crippen molar-refractivity contribution >= 4 is 27.3 Å². The minimum atomic E-state index is 0.997. The predicted octanol–water partition coefficient (Wildman–Crippen LogP) is 7.40. The molecule has 0 saturated carbocycles. The van der Waals surface area contributed by atoms with Gasteiger partial charge in [-0.15, -0.1) is 0 Å². The van der Waals surface area contributed by atoms with Crippen molar-refractivity contribution in [2.75, 3.05) is 0 Å². The van der Waals surface area contributed by atoms with E-state index in [1.807, 2.05) is 0 Å². The number of pyridine rings is 1. The highest BCUT2D eigenvalue weighted by Crippen LogP contribution is 2.51. The SMILES string of the molecule is Cc1nc2c3ccccc3c3ccc4c(c3n2c1C)-c1c(ccc2c1-c1ccccc1C2)C4. The second kappa shape index (κ2) is 5.90. The van der Waals surface area contributed by atoms with E-state index in [1.165, 1.54) is 71.9 Å². The molecular formula is C31H22N2. The Hall–Kier alpha value is -3.91. The summed E-state index contributed by atoms with van der Waals surface area (Å²) in [5.41, 5.74) is 16.2. The summed E-state index contributed by atoms with van der Waals surface area (Å²) < 4.78 is 2.43. The highest BCUT2D eigenvalue weighted by atomic mass is 15.0. The third-order valence-electron chi connectivity index (χ3n) is 7.97. The number of hydrogen-bond donors (Lipinski definition) is 0. The molecule has 0 atom stereocenters. The van der Waals surface area contributed by atoms with E-state index >= 15 is 0 Å². The summed E-state index contributed by atoms with van der Waals surface area (Å²) >= 11 is 0. The summed E-state index contributed by atoms with van der Waals surface area (Å²) in [6.07, 6.45) is 2.03. The summed E-state index contributed by atoms with van der Waals surface area (Å²) in [6, 6.07) is 27.1. The van der Waals surface area contributed by atoms with Gasteiger partial charge in [0.25, 0.3) is 0 Å². The van der Waals surface area contributed by atoms with Crippen LogP contribution >= 0.6 is 0 Å². The van der Waals surface area contributed by atoms with Gasteiger partial charge >= 0.3 is 0 Å². The van der Waals surface area contributed by atoms with E-state index in [1.54, 1.807) is 0 Å². The van der Waals surface area contributed by atoms with Crippen molar-refractivity contribution in [2.45, 2.75) is 26.7 Å². The van der Waals surface area contributed by atoms with E-state index in [2.05, 4.69) is 91.0 Å². The first kappa shape index (κ1) is 17.6. The van der Waals surface area contributed by atoms with Crippen LogP contribution in [0.25, 0.3) is 49.6 Å². The van der Waals surface area contributed by atoms with Crippen LogP contribution in [0.15, 0.2) is 72.8 Å². The first-order valence-electron chi connectivity index (χ1n) is 11.8.